The fourth-order valence-electron chi connectivity index (χ4n) is 1.50. The minimum absolute atomic E-state index is 0.531. The summed E-state index contributed by atoms with van der Waals surface area (Å²) in [6, 6.07) is 3.81. The first-order valence-electron chi connectivity index (χ1n) is 6.74. The van der Waals surface area contributed by atoms with Gasteiger partial charge in [0, 0.05) is 25.8 Å². The number of aliphatic imine (C=N–C) groups is 1. The molecule has 0 saturated heterocycles. The normalized spacial score (nSPS) is 11.7. The van der Waals surface area contributed by atoms with Gasteiger partial charge in [-0.3, -0.25) is 4.99 Å². The largest absolute Gasteiger partial charge is 0.357 e. The number of aromatic nitrogens is 1. The smallest absolute Gasteiger partial charge is 0.191 e. The lowest BCUT2D eigenvalue weighted by atomic mass is 10.2. The van der Waals surface area contributed by atoms with Crippen LogP contribution in [0.2, 0.25) is 5.15 Å². The van der Waals surface area contributed by atoms with Crippen molar-refractivity contribution in [3.8, 4) is 0 Å². The third-order valence-electron chi connectivity index (χ3n) is 2.45. The van der Waals surface area contributed by atoms with E-state index in [2.05, 4.69) is 41.4 Å². The second-order valence-corrected chi connectivity index (χ2v) is 5.17. The van der Waals surface area contributed by atoms with E-state index in [1.807, 2.05) is 18.3 Å². The van der Waals surface area contributed by atoms with Crippen molar-refractivity contribution in [1.29, 1.82) is 0 Å². The average molecular weight is 283 g/mol. The molecule has 1 aromatic rings. The Kier molecular flexibility index (Phi) is 7.26. The zero-order valence-electron chi connectivity index (χ0n) is 11.9. The van der Waals surface area contributed by atoms with Crippen molar-refractivity contribution in [2.24, 2.45) is 10.9 Å². The van der Waals surface area contributed by atoms with Crippen LogP contribution in [-0.4, -0.2) is 30.6 Å². The maximum atomic E-state index is 5.75. The summed E-state index contributed by atoms with van der Waals surface area (Å²) >= 11 is 5.75. The van der Waals surface area contributed by atoms with Crippen molar-refractivity contribution in [3.05, 3.63) is 29.0 Å². The van der Waals surface area contributed by atoms with E-state index < -0.39 is 0 Å². The number of rotatable bonds is 6. The molecular weight excluding hydrogens is 260 g/mol. The molecule has 106 valence electrons. The molecule has 1 aromatic heterocycles. The third kappa shape index (κ3) is 7.01. The van der Waals surface area contributed by atoms with E-state index in [0.717, 1.165) is 37.6 Å². The van der Waals surface area contributed by atoms with Crippen molar-refractivity contribution >= 4 is 17.6 Å². The molecule has 4 nitrogen and oxygen atoms in total. The van der Waals surface area contributed by atoms with Gasteiger partial charge in [-0.15, -0.1) is 0 Å². The molecule has 1 heterocycles. The maximum absolute atomic E-state index is 5.75. The highest BCUT2D eigenvalue weighted by Gasteiger charge is 1.99. The van der Waals surface area contributed by atoms with E-state index in [0.29, 0.717) is 11.1 Å². The Bertz CT molecular complexity index is 387. The summed E-state index contributed by atoms with van der Waals surface area (Å²) < 4.78 is 0. The second-order valence-electron chi connectivity index (χ2n) is 4.78. The van der Waals surface area contributed by atoms with Crippen LogP contribution in [0.15, 0.2) is 23.3 Å². The van der Waals surface area contributed by atoms with Gasteiger partial charge in [-0.05, 0) is 30.9 Å². The molecule has 0 aliphatic rings. The Hall–Kier alpha value is -1.29. The molecule has 0 aliphatic carbocycles. The first kappa shape index (κ1) is 15.8. The number of hydrogen-bond acceptors (Lipinski definition) is 2. The van der Waals surface area contributed by atoms with Gasteiger partial charge in [0.2, 0.25) is 0 Å². The Morgan fingerprint density at radius 3 is 2.74 bits per heavy atom. The molecule has 19 heavy (non-hydrogen) atoms. The molecule has 0 bridgehead atoms. The molecule has 0 atom stereocenters. The van der Waals surface area contributed by atoms with Crippen LogP contribution in [0.4, 0.5) is 0 Å². The minimum atomic E-state index is 0.531. The van der Waals surface area contributed by atoms with E-state index in [1.165, 1.54) is 0 Å². The molecule has 0 spiro atoms. The number of pyridine rings is 1. The van der Waals surface area contributed by atoms with Gasteiger partial charge >= 0.3 is 0 Å². The van der Waals surface area contributed by atoms with Gasteiger partial charge in [0.05, 0.1) is 0 Å². The molecular formula is C14H23ClN4. The molecule has 0 radical (unpaired) electrons. The van der Waals surface area contributed by atoms with Crippen LogP contribution in [0.3, 0.4) is 0 Å². The van der Waals surface area contributed by atoms with Crippen LogP contribution in [0.5, 0.6) is 0 Å². The molecule has 0 amide bonds. The zero-order chi connectivity index (χ0) is 14.1. The van der Waals surface area contributed by atoms with Crippen LogP contribution >= 0.6 is 11.6 Å². The van der Waals surface area contributed by atoms with Crippen LogP contribution in [0.25, 0.3) is 0 Å². The Labute approximate surface area is 120 Å². The molecule has 0 unspecified atom stereocenters. The lowest BCUT2D eigenvalue weighted by Crippen LogP contribution is -2.38. The third-order valence-corrected chi connectivity index (χ3v) is 2.68. The van der Waals surface area contributed by atoms with Crippen LogP contribution < -0.4 is 10.6 Å². The molecule has 1 rings (SSSR count). The Morgan fingerprint density at radius 1 is 1.37 bits per heavy atom. The fourth-order valence-corrected chi connectivity index (χ4v) is 1.61. The lowest BCUT2D eigenvalue weighted by Gasteiger charge is -2.11. The van der Waals surface area contributed by atoms with Crippen molar-refractivity contribution < 1.29 is 0 Å². The summed E-state index contributed by atoms with van der Waals surface area (Å²) in [6.07, 6.45) is 2.71. The van der Waals surface area contributed by atoms with Crippen LogP contribution in [-0.2, 0) is 6.42 Å². The standard InChI is InChI=1S/C14H23ClN4/c1-4-16-14(19-9-11(2)3)17-8-7-12-5-6-13(15)18-10-12/h5-6,10-11H,4,7-9H2,1-3H3,(H2,16,17,19). The van der Waals surface area contributed by atoms with E-state index in [-0.39, 0.29) is 0 Å². The number of hydrogen-bond donors (Lipinski definition) is 2. The lowest BCUT2D eigenvalue weighted by molar-refractivity contribution is 0.656. The SMILES string of the molecule is CCNC(=NCC(C)C)NCCc1ccc(Cl)nc1. The Morgan fingerprint density at radius 2 is 2.16 bits per heavy atom. The summed E-state index contributed by atoms with van der Waals surface area (Å²) in [5.74, 6) is 1.44. The highest BCUT2D eigenvalue weighted by Crippen LogP contribution is 2.05. The highest BCUT2D eigenvalue weighted by atomic mass is 35.5. The topological polar surface area (TPSA) is 49.3 Å². The fraction of sp³-hybridized carbons (Fsp3) is 0.571. The summed E-state index contributed by atoms with van der Waals surface area (Å²) in [6.45, 7) is 8.91. The molecule has 0 aromatic carbocycles. The van der Waals surface area contributed by atoms with Crippen molar-refractivity contribution in [1.82, 2.24) is 15.6 Å². The number of guanidine groups is 1. The van der Waals surface area contributed by atoms with Gasteiger partial charge in [0.25, 0.3) is 0 Å². The summed E-state index contributed by atoms with van der Waals surface area (Å²) in [7, 11) is 0. The van der Waals surface area contributed by atoms with Gasteiger partial charge in [-0.2, -0.15) is 0 Å². The van der Waals surface area contributed by atoms with E-state index >= 15 is 0 Å². The number of nitrogens with zero attached hydrogens (tertiary/aromatic N) is 2. The first-order valence-corrected chi connectivity index (χ1v) is 7.12. The van der Waals surface area contributed by atoms with Gasteiger partial charge in [0.15, 0.2) is 5.96 Å². The second kappa shape index (κ2) is 8.75. The quantitative estimate of drug-likeness (QED) is 0.479. The van der Waals surface area contributed by atoms with Gasteiger partial charge in [0.1, 0.15) is 5.15 Å². The monoisotopic (exact) mass is 282 g/mol. The van der Waals surface area contributed by atoms with Gasteiger partial charge in [-0.1, -0.05) is 31.5 Å². The van der Waals surface area contributed by atoms with Crippen molar-refractivity contribution in [2.45, 2.75) is 27.2 Å². The maximum Gasteiger partial charge on any atom is 0.191 e. The molecule has 0 saturated carbocycles. The van der Waals surface area contributed by atoms with Crippen LogP contribution in [0, 0.1) is 5.92 Å². The van der Waals surface area contributed by atoms with Crippen molar-refractivity contribution in [2.75, 3.05) is 19.6 Å². The van der Waals surface area contributed by atoms with Gasteiger partial charge < -0.3 is 10.6 Å². The summed E-state index contributed by atoms with van der Waals surface area (Å²) in [5.41, 5.74) is 1.16. The number of nitrogens with one attached hydrogen (secondary N) is 2. The predicted octanol–water partition coefficient (Wildman–Crippen LogP) is 2.49. The Balaban J connectivity index is 2.39. The van der Waals surface area contributed by atoms with E-state index in [4.69, 9.17) is 11.6 Å². The van der Waals surface area contributed by atoms with Gasteiger partial charge in [-0.25, -0.2) is 4.98 Å². The zero-order valence-corrected chi connectivity index (χ0v) is 12.7. The van der Waals surface area contributed by atoms with E-state index in [1.54, 1.807) is 0 Å². The molecule has 5 heteroatoms. The molecule has 2 N–H and O–H groups in total. The predicted molar refractivity (Wildman–Crippen MR) is 81.8 cm³/mol. The molecule has 0 aliphatic heterocycles. The number of halogens is 1. The van der Waals surface area contributed by atoms with Crippen LogP contribution in [0.1, 0.15) is 26.3 Å². The summed E-state index contributed by atoms with van der Waals surface area (Å²) in [4.78, 5) is 8.58. The average Bonchev–Trinajstić information content (AvgIpc) is 2.38. The first-order chi connectivity index (χ1) is 9.11. The van der Waals surface area contributed by atoms with E-state index in [9.17, 15) is 0 Å². The minimum Gasteiger partial charge on any atom is -0.357 e. The highest BCUT2D eigenvalue weighted by molar-refractivity contribution is 6.29. The van der Waals surface area contributed by atoms with Crippen molar-refractivity contribution in [3.63, 3.8) is 0 Å². The summed E-state index contributed by atoms with van der Waals surface area (Å²) in [5, 5.41) is 7.08. The molecule has 0 fully saturated rings.